The number of morpholine rings is 1. The van der Waals surface area contributed by atoms with Gasteiger partial charge in [0, 0.05) is 49.7 Å². The maximum Gasteiger partial charge on any atom is 0.129 e. The number of rotatable bonds is 6. The summed E-state index contributed by atoms with van der Waals surface area (Å²) in [6.07, 6.45) is 5.99. The number of hydrogen-bond acceptors (Lipinski definition) is 5. The minimum atomic E-state index is 0.482. The monoisotopic (exact) mass is 385 g/mol. The lowest BCUT2D eigenvalue weighted by atomic mass is 10.1. The van der Waals surface area contributed by atoms with E-state index in [0.29, 0.717) is 5.15 Å². The van der Waals surface area contributed by atoms with E-state index in [9.17, 15) is 0 Å². The molecule has 3 aromatic heterocycles. The second-order valence-electron chi connectivity index (χ2n) is 6.81. The van der Waals surface area contributed by atoms with Crippen LogP contribution in [0.5, 0.6) is 0 Å². The van der Waals surface area contributed by atoms with Gasteiger partial charge in [-0.1, -0.05) is 18.5 Å². The highest BCUT2D eigenvalue weighted by atomic mass is 35.5. The fourth-order valence-electron chi connectivity index (χ4n) is 3.49. The second kappa shape index (κ2) is 8.33. The summed E-state index contributed by atoms with van der Waals surface area (Å²) in [4.78, 5) is 11.4. The highest BCUT2D eigenvalue weighted by molar-refractivity contribution is 6.29. The molecule has 6 nitrogen and oxygen atoms in total. The Hall–Kier alpha value is -2.02. The van der Waals surface area contributed by atoms with Crippen LogP contribution in [0, 0.1) is 0 Å². The minimum absolute atomic E-state index is 0.482. The molecule has 1 saturated heterocycles. The number of ether oxygens (including phenoxy) is 1. The Morgan fingerprint density at radius 1 is 1.15 bits per heavy atom. The average molecular weight is 386 g/mol. The molecule has 1 fully saturated rings. The second-order valence-corrected chi connectivity index (χ2v) is 7.20. The zero-order valence-electron chi connectivity index (χ0n) is 15.6. The predicted octanol–water partition coefficient (Wildman–Crippen LogP) is 3.43. The molecule has 0 atom stereocenters. The van der Waals surface area contributed by atoms with Crippen LogP contribution >= 0.6 is 11.6 Å². The molecule has 0 aliphatic carbocycles. The van der Waals surface area contributed by atoms with E-state index in [1.54, 1.807) is 6.07 Å². The summed E-state index contributed by atoms with van der Waals surface area (Å²) in [6.45, 7) is 7.88. The molecule has 0 amide bonds. The van der Waals surface area contributed by atoms with Crippen LogP contribution in [0.15, 0.2) is 30.6 Å². The summed E-state index contributed by atoms with van der Waals surface area (Å²) in [5.41, 5.74) is 4.90. The molecule has 0 unspecified atom stereocenters. The van der Waals surface area contributed by atoms with E-state index in [4.69, 9.17) is 21.4 Å². The molecular formula is C20H24ClN5O. The molecule has 4 rings (SSSR count). The van der Waals surface area contributed by atoms with E-state index in [1.807, 2.05) is 18.3 Å². The topological polar surface area (TPSA) is 56.1 Å². The maximum atomic E-state index is 6.03. The van der Waals surface area contributed by atoms with Crippen molar-refractivity contribution in [2.24, 2.45) is 0 Å². The van der Waals surface area contributed by atoms with Gasteiger partial charge in [0.05, 0.1) is 29.9 Å². The van der Waals surface area contributed by atoms with Gasteiger partial charge in [-0.05, 0) is 31.0 Å². The maximum absolute atomic E-state index is 6.03. The summed E-state index contributed by atoms with van der Waals surface area (Å²) in [5.74, 6) is 0. The number of aryl methyl sites for hydroxylation is 2. The summed E-state index contributed by atoms with van der Waals surface area (Å²) in [5, 5.41) is 5.27. The van der Waals surface area contributed by atoms with E-state index < -0.39 is 0 Å². The molecule has 0 bridgehead atoms. The smallest absolute Gasteiger partial charge is 0.129 e. The van der Waals surface area contributed by atoms with Crippen LogP contribution in [-0.2, 0) is 17.7 Å². The van der Waals surface area contributed by atoms with Gasteiger partial charge in [-0.25, -0.2) is 4.98 Å². The molecule has 1 aliphatic heterocycles. The minimum Gasteiger partial charge on any atom is -0.379 e. The Morgan fingerprint density at radius 3 is 2.81 bits per heavy atom. The molecule has 27 heavy (non-hydrogen) atoms. The molecule has 0 aromatic carbocycles. The number of hydrogen-bond donors (Lipinski definition) is 0. The lowest BCUT2D eigenvalue weighted by Crippen LogP contribution is -2.37. The molecule has 1 aliphatic rings. The van der Waals surface area contributed by atoms with Crippen LogP contribution in [0.3, 0.4) is 0 Å². The molecule has 3 aromatic rings. The van der Waals surface area contributed by atoms with Crippen molar-refractivity contribution in [2.75, 3.05) is 32.8 Å². The van der Waals surface area contributed by atoms with Gasteiger partial charge in [-0.15, -0.1) is 0 Å². The van der Waals surface area contributed by atoms with Gasteiger partial charge in [0.15, 0.2) is 0 Å². The number of halogens is 1. The largest absolute Gasteiger partial charge is 0.379 e. The molecule has 4 heterocycles. The zero-order valence-corrected chi connectivity index (χ0v) is 16.3. The normalized spacial score (nSPS) is 15.5. The standard InChI is InChI=1S/C20H24ClN5O/c1-2-17-16(15-12-19-18(22-13-15)4-5-20(21)23-19)14-26(24-17)7-3-6-25-8-10-27-11-9-25/h4-5,12-14H,2-3,6-11H2,1H3. The number of fused-ring (bicyclic) bond motifs is 1. The number of nitrogens with zero attached hydrogens (tertiary/aromatic N) is 5. The fraction of sp³-hybridized carbons (Fsp3) is 0.450. The van der Waals surface area contributed by atoms with Gasteiger partial charge in [0.25, 0.3) is 0 Å². The van der Waals surface area contributed by atoms with Gasteiger partial charge in [0.1, 0.15) is 5.15 Å². The third kappa shape index (κ3) is 4.29. The van der Waals surface area contributed by atoms with Gasteiger partial charge >= 0.3 is 0 Å². The van der Waals surface area contributed by atoms with E-state index in [1.165, 1.54) is 0 Å². The highest BCUT2D eigenvalue weighted by Gasteiger charge is 2.13. The highest BCUT2D eigenvalue weighted by Crippen LogP contribution is 2.26. The molecule has 0 saturated carbocycles. The van der Waals surface area contributed by atoms with Crippen molar-refractivity contribution in [3.8, 4) is 11.1 Å². The average Bonchev–Trinajstić information content (AvgIpc) is 3.11. The molecular weight excluding hydrogens is 362 g/mol. The quantitative estimate of drug-likeness (QED) is 0.608. The van der Waals surface area contributed by atoms with Crippen molar-refractivity contribution >= 4 is 22.6 Å². The van der Waals surface area contributed by atoms with Crippen molar-refractivity contribution in [2.45, 2.75) is 26.3 Å². The van der Waals surface area contributed by atoms with Crippen LogP contribution in [0.4, 0.5) is 0 Å². The zero-order chi connectivity index (χ0) is 18.6. The van der Waals surface area contributed by atoms with Gasteiger partial charge in [0.2, 0.25) is 0 Å². The SMILES string of the molecule is CCc1nn(CCCN2CCOCC2)cc1-c1cnc2ccc(Cl)nc2c1. The van der Waals surface area contributed by atoms with Crippen LogP contribution < -0.4 is 0 Å². The van der Waals surface area contributed by atoms with Crippen LogP contribution in [0.2, 0.25) is 5.15 Å². The Labute approximate surface area is 164 Å². The fourth-order valence-corrected chi connectivity index (χ4v) is 3.64. The summed E-state index contributed by atoms with van der Waals surface area (Å²) < 4.78 is 7.47. The van der Waals surface area contributed by atoms with Crippen molar-refractivity contribution in [3.63, 3.8) is 0 Å². The summed E-state index contributed by atoms with van der Waals surface area (Å²) in [6, 6.07) is 5.70. The summed E-state index contributed by atoms with van der Waals surface area (Å²) in [7, 11) is 0. The lowest BCUT2D eigenvalue weighted by molar-refractivity contribution is 0.0368. The molecule has 0 N–H and O–H groups in total. The first-order chi connectivity index (χ1) is 13.2. The van der Waals surface area contributed by atoms with Crippen molar-refractivity contribution in [3.05, 3.63) is 41.4 Å². The first kappa shape index (κ1) is 18.3. The van der Waals surface area contributed by atoms with Crippen LogP contribution in [-0.4, -0.2) is 57.5 Å². The Balaban J connectivity index is 1.50. The predicted molar refractivity (Wildman–Crippen MR) is 107 cm³/mol. The van der Waals surface area contributed by atoms with E-state index in [-0.39, 0.29) is 0 Å². The first-order valence-corrected chi connectivity index (χ1v) is 9.90. The van der Waals surface area contributed by atoms with Crippen molar-refractivity contribution in [1.29, 1.82) is 0 Å². The van der Waals surface area contributed by atoms with Crippen molar-refractivity contribution in [1.82, 2.24) is 24.6 Å². The van der Waals surface area contributed by atoms with Gasteiger partial charge < -0.3 is 4.74 Å². The number of pyridine rings is 2. The Kier molecular flexibility index (Phi) is 5.66. The number of aromatic nitrogens is 4. The third-order valence-corrected chi connectivity index (χ3v) is 5.16. The molecule has 0 radical (unpaired) electrons. The van der Waals surface area contributed by atoms with Gasteiger partial charge in [-0.2, -0.15) is 5.10 Å². The van der Waals surface area contributed by atoms with Crippen LogP contribution in [0.25, 0.3) is 22.2 Å². The van der Waals surface area contributed by atoms with Crippen LogP contribution in [0.1, 0.15) is 19.0 Å². The van der Waals surface area contributed by atoms with Crippen molar-refractivity contribution < 1.29 is 4.74 Å². The van der Waals surface area contributed by atoms with E-state index >= 15 is 0 Å². The van der Waals surface area contributed by atoms with E-state index in [2.05, 4.69) is 32.7 Å². The molecule has 142 valence electrons. The third-order valence-electron chi connectivity index (χ3n) is 4.95. The summed E-state index contributed by atoms with van der Waals surface area (Å²) >= 11 is 6.03. The Morgan fingerprint density at radius 2 is 2.00 bits per heavy atom. The molecule has 0 spiro atoms. The van der Waals surface area contributed by atoms with Gasteiger partial charge in [-0.3, -0.25) is 14.6 Å². The first-order valence-electron chi connectivity index (χ1n) is 9.52. The lowest BCUT2D eigenvalue weighted by Gasteiger charge is -2.26. The Bertz CT molecular complexity index is 920. The molecule has 7 heteroatoms. The van der Waals surface area contributed by atoms with E-state index in [0.717, 1.165) is 80.1 Å².